The second-order valence-electron chi connectivity index (χ2n) is 3.63. The van der Waals surface area contributed by atoms with Gasteiger partial charge in [0.1, 0.15) is 0 Å². The Morgan fingerprint density at radius 1 is 1.47 bits per heavy atom. The van der Waals surface area contributed by atoms with Gasteiger partial charge >= 0.3 is 0 Å². The second kappa shape index (κ2) is 4.85. The number of hydrogen-bond acceptors (Lipinski definition) is 6. The topological polar surface area (TPSA) is 67.9 Å². The molecule has 0 aliphatic heterocycles. The van der Waals surface area contributed by atoms with Crippen LogP contribution in [0.1, 0.15) is 10.7 Å². The molecule has 2 N–H and O–H groups in total. The number of nitrogens with zero attached hydrogens (tertiary/aromatic N) is 4. The molecule has 2 aromatic heterocycles. The molecule has 0 radical (unpaired) electrons. The summed E-state index contributed by atoms with van der Waals surface area (Å²) in [7, 11) is 1.89. The maximum absolute atomic E-state index is 5.81. The van der Waals surface area contributed by atoms with E-state index in [1.165, 1.54) is 6.20 Å². The zero-order valence-corrected chi connectivity index (χ0v) is 11.1. The van der Waals surface area contributed by atoms with Gasteiger partial charge in [0.15, 0.2) is 5.82 Å². The minimum absolute atomic E-state index is 0.190. The molecule has 0 unspecified atom stereocenters. The summed E-state index contributed by atoms with van der Waals surface area (Å²) in [5.74, 6) is 0.621. The summed E-state index contributed by atoms with van der Waals surface area (Å²) < 4.78 is 0. The first kappa shape index (κ1) is 12.1. The highest BCUT2D eigenvalue weighted by Gasteiger charge is 2.10. The first-order chi connectivity index (χ1) is 8.06. The van der Waals surface area contributed by atoms with Crippen molar-refractivity contribution in [3.05, 3.63) is 27.6 Å². The van der Waals surface area contributed by atoms with Crippen LogP contribution < -0.4 is 10.6 Å². The van der Waals surface area contributed by atoms with Crippen LogP contribution in [0, 0.1) is 6.92 Å². The summed E-state index contributed by atoms with van der Waals surface area (Å²) >= 11 is 7.37. The van der Waals surface area contributed by atoms with E-state index in [0.717, 1.165) is 10.7 Å². The fourth-order valence-electron chi connectivity index (χ4n) is 1.47. The van der Waals surface area contributed by atoms with Crippen LogP contribution in [0.3, 0.4) is 0 Å². The molecule has 2 heterocycles. The lowest BCUT2D eigenvalue weighted by Gasteiger charge is -2.18. The molecule has 17 heavy (non-hydrogen) atoms. The number of anilines is 2. The van der Waals surface area contributed by atoms with Crippen molar-refractivity contribution in [2.24, 2.45) is 0 Å². The van der Waals surface area contributed by atoms with Crippen molar-refractivity contribution in [3.63, 3.8) is 0 Å². The largest absolute Gasteiger partial charge is 0.394 e. The quantitative estimate of drug-likeness (QED) is 0.865. The molecule has 2 aromatic rings. The molecular weight excluding hydrogens is 258 g/mol. The Kier molecular flexibility index (Phi) is 3.44. The second-order valence-corrected chi connectivity index (χ2v) is 5.03. The van der Waals surface area contributed by atoms with Gasteiger partial charge in [-0.1, -0.05) is 0 Å². The third-order valence-corrected chi connectivity index (χ3v) is 3.20. The summed E-state index contributed by atoms with van der Waals surface area (Å²) in [6.45, 7) is 2.62. The molecule has 7 heteroatoms. The lowest BCUT2D eigenvalue weighted by Crippen LogP contribution is -2.19. The number of halogens is 1. The zero-order valence-electron chi connectivity index (χ0n) is 9.51. The number of aromatic nitrogens is 3. The van der Waals surface area contributed by atoms with E-state index in [9.17, 15) is 0 Å². The first-order valence-electron chi connectivity index (χ1n) is 4.96. The number of rotatable bonds is 3. The van der Waals surface area contributed by atoms with E-state index >= 15 is 0 Å². The number of nitrogen functional groups attached to an aromatic ring is 1. The summed E-state index contributed by atoms with van der Waals surface area (Å²) in [5, 5.41) is 3.25. The molecule has 0 bridgehead atoms. The molecule has 2 rings (SSSR count). The van der Waals surface area contributed by atoms with Crippen molar-refractivity contribution >= 4 is 34.4 Å². The highest BCUT2D eigenvalue weighted by atomic mass is 35.5. The molecule has 0 amide bonds. The monoisotopic (exact) mass is 269 g/mol. The third kappa shape index (κ3) is 2.83. The Labute approximate surface area is 108 Å². The van der Waals surface area contributed by atoms with E-state index in [0.29, 0.717) is 18.1 Å². The number of aryl methyl sites for hydroxylation is 1. The average molecular weight is 270 g/mol. The number of thiazole rings is 1. The number of hydrogen-bond donors (Lipinski definition) is 1. The minimum atomic E-state index is 0.190. The fraction of sp³-hybridized carbons (Fsp3) is 0.300. The van der Waals surface area contributed by atoms with Gasteiger partial charge < -0.3 is 10.6 Å². The van der Waals surface area contributed by atoms with Gasteiger partial charge in [-0.05, 0) is 18.5 Å². The molecule has 0 aliphatic rings. The predicted molar refractivity (Wildman–Crippen MR) is 70.4 cm³/mol. The minimum Gasteiger partial charge on any atom is -0.394 e. The van der Waals surface area contributed by atoms with Crippen molar-refractivity contribution in [3.8, 4) is 0 Å². The molecule has 5 nitrogen and oxygen atoms in total. The first-order valence-corrected chi connectivity index (χ1v) is 6.22. The van der Waals surface area contributed by atoms with Crippen LogP contribution in [-0.4, -0.2) is 22.0 Å². The van der Waals surface area contributed by atoms with Crippen LogP contribution in [0.2, 0.25) is 5.28 Å². The van der Waals surface area contributed by atoms with Gasteiger partial charge in [-0.3, -0.25) is 0 Å². The van der Waals surface area contributed by atoms with E-state index in [1.807, 2.05) is 24.3 Å². The Hall–Kier alpha value is -1.40. The fourth-order valence-corrected chi connectivity index (χ4v) is 2.20. The van der Waals surface area contributed by atoms with Crippen molar-refractivity contribution in [1.82, 2.24) is 15.0 Å². The van der Waals surface area contributed by atoms with Crippen LogP contribution in [0.4, 0.5) is 11.5 Å². The summed E-state index contributed by atoms with van der Waals surface area (Å²) in [4.78, 5) is 14.2. The van der Waals surface area contributed by atoms with Crippen LogP contribution in [0.5, 0.6) is 0 Å². The van der Waals surface area contributed by atoms with E-state index in [4.69, 9.17) is 17.3 Å². The summed E-state index contributed by atoms with van der Waals surface area (Å²) in [6.07, 6.45) is 1.51. The van der Waals surface area contributed by atoms with Crippen molar-refractivity contribution in [1.29, 1.82) is 0 Å². The summed E-state index contributed by atoms with van der Waals surface area (Å²) in [5.41, 5.74) is 7.30. The Bertz CT molecular complexity index is 527. The van der Waals surface area contributed by atoms with E-state index in [2.05, 4.69) is 15.0 Å². The molecule has 0 saturated carbocycles. The molecule has 0 fully saturated rings. The average Bonchev–Trinajstić information content (AvgIpc) is 2.67. The van der Waals surface area contributed by atoms with E-state index in [1.54, 1.807) is 11.3 Å². The Balaban J connectivity index is 2.19. The highest BCUT2D eigenvalue weighted by molar-refractivity contribution is 7.09. The van der Waals surface area contributed by atoms with Crippen LogP contribution in [-0.2, 0) is 6.54 Å². The Morgan fingerprint density at radius 3 is 2.88 bits per heavy atom. The molecular formula is C10H12ClN5S. The summed E-state index contributed by atoms with van der Waals surface area (Å²) in [6, 6.07) is 0. The smallest absolute Gasteiger partial charge is 0.224 e. The van der Waals surface area contributed by atoms with Gasteiger partial charge in [-0.25, -0.2) is 9.97 Å². The van der Waals surface area contributed by atoms with Crippen LogP contribution in [0.25, 0.3) is 0 Å². The molecule has 0 atom stereocenters. The molecule has 0 saturated heterocycles. The maximum Gasteiger partial charge on any atom is 0.224 e. The van der Waals surface area contributed by atoms with Gasteiger partial charge in [0, 0.05) is 12.4 Å². The van der Waals surface area contributed by atoms with Crippen molar-refractivity contribution in [2.75, 3.05) is 17.7 Å². The van der Waals surface area contributed by atoms with E-state index < -0.39 is 0 Å². The maximum atomic E-state index is 5.81. The standard InChI is InChI=1S/C10H12ClN5S/c1-6-14-7(5-17-6)4-16(2)9-8(12)3-13-10(11)15-9/h3,5H,4,12H2,1-2H3. The SMILES string of the molecule is Cc1nc(CN(C)c2nc(Cl)ncc2N)cs1. The normalized spacial score (nSPS) is 10.5. The van der Waals surface area contributed by atoms with Gasteiger partial charge in [-0.2, -0.15) is 4.98 Å². The molecule has 0 spiro atoms. The lowest BCUT2D eigenvalue weighted by molar-refractivity contribution is 0.867. The Morgan fingerprint density at radius 2 is 2.24 bits per heavy atom. The van der Waals surface area contributed by atoms with Crippen LogP contribution >= 0.6 is 22.9 Å². The van der Waals surface area contributed by atoms with Gasteiger partial charge in [0.25, 0.3) is 0 Å². The molecule has 0 aromatic carbocycles. The van der Waals surface area contributed by atoms with E-state index in [-0.39, 0.29) is 5.28 Å². The van der Waals surface area contributed by atoms with Gasteiger partial charge in [0.2, 0.25) is 5.28 Å². The van der Waals surface area contributed by atoms with Gasteiger partial charge in [0.05, 0.1) is 29.1 Å². The van der Waals surface area contributed by atoms with Gasteiger partial charge in [-0.15, -0.1) is 11.3 Å². The molecule has 90 valence electrons. The van der Waals surface area contributed by atoms with Crippen LogP contribution in [0.15, 0.2) is 11.6 Å². The number of nitrogens with two attached hydrogens (primary N) is 1. The third-order valence-electron chi connectivity index (χ3n) is 2.19. The molecule has 0 aliphatic carbocycles. The highest BCUT2D eigenvalue weighted by Crippen LogP contribution is 2.21. The lowest BCUT2D eigenvalue weighted by atomic mass is 10.4. The predicted octanol–water partition coefficient (Wildman–Crippen LogP) is 2.11. The van der Waals surface area contributed by atoms with Crippen molar-refractivity contribution in [2.45, 2.75) is 13.5 Å². The van der Waals surface area contributed by atoms with Crippen molar-refractivity contribution < 1.29 is 0 Å². The zero-order chi connectivity index (χ0) is 12.4.